The van der Waals surface area contributed by atoms with E-state index in [0.29, 0.717) is 24.6 Å². The summed E-state index contributed by atoms with van der Waals surface area (Å²) in [6, 6.07) is 6.75. The SMILES string of the molecule is O=C(O)[C@H](CN1C(=O)C(N2CCCC(Cc3ccc4c(n3)NCCC4)C2)C1=O)c1cccnc1. The number of anilines is 1. The number of carboxylic acid groups (broad SMARTS) is 1. The van der Waals surface area contributed by atoms with Crippen molar-refractivity contribution in [2.45, 2.75) is 44.1 Å². The van der Waals surface area contributed by atoms with Gasteiger partial charge in [0.2, 0.25) is 0 Å². The van der Waals surface area contributed by atoms with Crippen LogP contribution in [0.4, 0.5) is 5.82 Å². The number of carboxylic acids is 1. The van der Waals surface area contributed by atoms with Crippen LogP contribution in [0.3, 0.4) is 0 Å². The first-order chi connectivity index (χ1) is 16.5. The summed E-state index contributed by atoms with van der Waals surface area (Å²) in [4.78, 5) is 49.4. The lowest BCUT2D eigenvalue weighted by molar-refractivity contribution is -0.169. The topological polar surface area (TPSA) is 116 Å². The average molecular weight is 464 g/mol. The minimum absolute atomic E-state index is 0.168. The van der Waals surface area contributed by atoms with Crippen LogP contribution in [0.15, 0.2) is 36.7 Å². The molecule has 178 valence electrons. The number of imide groups is 1. The smallest absolute Gasteiger partial charge is 0.312 e. The van der Waals surface area contributed by atoms with Crippen LogP contribution >= 0.6 is 0 Å². The number of pyridine rings is 2. The fraction of sp³-hybridized carbons (Fsp3) is 0.480. The second-order valence-electron chi connectivity index (χ2n) is 9.41. The molecule has 0 spiro atoms. The highest BCUT2D eigenvalue weighted by Gasteiger charge is 2.51. The molecule has 2 saturated heterocycles. The number of aliphatic carboxylic acids is 1. The summed E-state index contributed by atoms with van der Waals surface area (Å²) in [5, 5.41) is 13.0. The van der Waals surface area contributed by atoms with Gasteiger partial charge in [-0.15, -0.1) is 0 Å². The van der Waals surface area contributed by atoms with Gasteiger partial charge in [-0.2, -0.15) is 0 Å². The first-order valence-electron chi connectivity index (χ1n) is 12.0. The maximum atomic E-state index is 12.9. The molecule has 0 aromatic carbocycles. The van der Waals surface area contributed by atoms with E-state index in [2.05, 4.69) is 22.4 Å². The first-order valence-corrected chi connectivity index (χ1v) is 12.0. The van der Waals surface area contributed by atoms with Gasteiger partial charge in [0.1, 0.15) is 11.7 Å². The van der Waals surface area contributed by atoms with E-state index in [4.69, 9.17) is 4.98 Å². The van der Waals surface area contributed by atoms with E-state index < -0.39 is 17.9 Å². The standard InChI is InChI=1S/C25H29N5O4/c31-23-21(24(32)30(23)15-20(25(33)34)18-6-1-9-26-13-18)29-11-3-4-16(14-29)12-19-8-7-17-5-2-10-27-22(17)28-19/h1,6-9,13,16,20-21H,2-5,10-12,14-15H2,(H,27,28)(H,33,34)/t16?,20-/m1/s1. The number of aryl methyl sites for hydroxylation is 1. The van der Waals surface area contributed by atoms with E-state index in [1.807, 2.05) is 4.90 Å². The molecular weight excluding hydrogens is 434 g/mol. The second-order valence-corrected chi connectivity index (χ2v) is 9.41. The number of likely N-dealkylation sites (tertiary alicyclic amines) is 2. The Hall–Kier alpha value is -3.33. The molecule has 2 amide bonds. The lowest BCUT2D eigenvalue weighted by Gasteiger charge is -2.45. The van der Waals surface area contributed by atoms with Gasteiger partial charge >= 0.3 is 5.97 Å². The summed E-state index contributed by atoms with van der Waals surface area (Å²) in [7, 11) is 0. The summed E-state index contributed by atoms with van der Waals surface area (Å²) in [5.41, 5.74) is 2.77. The molecule has 0 radical (unpaired) electrons. The van der Waals surface area contributed by atoms with Gasteiger partial charge in [-0.25, -0.2) is 4.98 Å². The largest absolute Gasteiger partial charge is 0.481 e. The Balaban J connectivity index is 1.21. The third-order valence-electron chi connectivity index (χ3n) is 7.12. The van der Waals surface area contributed by atoms with Gasteiger partial charge < -0.3 is 10.4 Å². The van der Waals surface area contributed by atoms with Crippen LogP contribution in [-0.4, -0.2) is 74.9 Å². The molecule has 2 aromatic rings. The number of carbonyl (C=O) groups is 3. The van der Waals surface area contributed by atoms with E-state index in [0.717, 1.165) is 55.1 Å². The number of nitrogens with zero attached hydrogens (tertiary/aromatic N) is 4. The fourth-order valence-electron chi connectivity index (χ4n) is 5.30. The maximum absolute atomic E-state index is 12.9. The molecule has 3 aliphatic heterocycles. The lowest BCUT2D eigenvalue weighted by atomic mass is 9.89. The average Bonchev–Trinajstić information content (AvgIpc) is 2.85. The zero-order valence-corrected chi connectivity index (χ0v) is 19.0. The van der Waals surface area contributed by atoms with Gasteiger partial charge in [-0.05, 0) is 67.8 Å². The molecular formula is C25H29N5O4. The number of amides is 2. The van der Waals surface area contributed by atoms with E-state index in [9.17, 15) is 19.5 Å². The molecule has 3 aliphatic rings. The summed E-state index contributed by atoms with van der Waals surface area (Å²) in [6.07, 6.45) is 7.96. The van der Waals surface area contributed by atoms with Crippen molar-refractivity contribution in [3.63, 3.8) is 0 Å². The number of fused-ring (bicyclic) bond motifs is 1. The molecule has 2 fully saturated rings. The van der Waals surface area contributed by atoms with Crippen LogP contribution in [0.2, 0.25) is 0 Å². The van der Waals surface area contributed by atoms with Gasteiger partial charge in [0.25, 0.3) is 11.8 Å². The van der Waals surface area contributed by atoms with Crippen LogP contribution in [0.5, 0.6) is 0 Å². The Bertz CT molecular complexity index is 1080. The first kappa shape index (κ1) is 22.5. The van der Waals surface area contributed by atoms with Crippen LogP contribution in [0.25, 0.3) is 0 Å². The van der Waals surface area contributed by atoms with Crippen molar-refractivity contribution in [1.29, 1.82) is 0 Å². The van der Waals surface area contributed by atoms with E-state index in [1.165, 1.54) is 11.8 Å². The molecule has 9 nitrogen and oxygen atoms in total. The lowest BCUT2D eigenvalue weighted by Crippen LogP contribution is -2.69. The second kappa shape index (κ2) is 9.50. The van der Waals surface area contributed by atoms with E-state index >= 15 is 0 Å². The number of β-lactam (4-membered cyclic amide) rings is 2. The summed E-state index contributed by atoms with van der Waals surface area (Å²) in [5.74, 6) is -1.38. The third kappa shape index (κ3) is 4.40. The fourth-order valence-corrected chi connectivity index (χ4v) is 5.30. The Labute approximate surface area is 198 Å². The van der Waals surface area contributed by atoms with Crippen LogP contribution in [-0.2, 0) is 27.2 Å². The molecule has 9 heteroatoms. The Kier molecular flexibility index (Phi) is 6.28. The van der Waals surface area contributed by atoms with Gasteiger partial charge in [0.15, 0.2) is 6.04 Å². The molecule has 2 N–H and O–H groups in total. The molecule has 34 heavy (non-hydrogen) atoms. The number of hydrogen-bond donors (Lipinski definition) is 2. The van der Waals surface area contributed by atoms with Gasteiger partial charge in [-0.1, -0.05) is 12.1 Å². The normalized spacial score (nSPS) is 22.0. The van der Waals surface area contributed by atoms with Gasteiger partial charge in [0, 0.05) is 37.7 Å². The minimum Gasteiger partial charge on any atom is -0.481 e. The monoisotopic (exact) mass is 463 g/mol. The highest BCUT2D eigenvalue weighted by atomic mass is 16.4. The zero-order chi connectivity index (χ0) is 23.7. The Morgan fingerprint density at radius 2 is 2.06 bits per heavy atom. The van der Waals surface area contributed by atoms with E-state index in [1.54, 1.807) is 18.3 Å². The van der Waals surface area contributed by atoms with Crippen molar-refractivity contribution in [1.82, 2.24) is 19.8 Å². The highest BCUT2D eigenvalue weighted by Crippen LogP contribution is 2.29. The molecule has 0 saturated carbocycles. The van der Waals surface area contributed by atoms with Crippen molar-refractivity contribution < 1.29 is 19.5 Å². The Morgan fingerprint density at radius 3 is 2.82 bits per heavy atom. The predicted octanol–water partition coefficient (Wildman–Crippen LogP) is 1.70. The maximum Gasteiger partial charge on any atom is 0.312 e. The number of carbonyl (C=O) groups excluding carboxylic acids is 2. The summed E-state index contributed by atoms with van der Waals surface area (Å²) < 4.78 is 0. The van der Waals surface area contributed by atoms with Crippen molar-refractivity contribution in [2.75, 3.05) is 31.5 Å². The number of piperidine rings is 1. The number of rotatable bonds is 7. The zero-order valence-electron chi connectivity index (χ0n) is 19.0. The number of aromatic nitrogens is 2. The summed E-state index contributed by atoms with van der Waals surface area (Å²) in [6.45, 7) is 2.13. The minimum atomic E-state index is -1.08. The predicted molar refractivity (Wildman–Crippen MR) is 124 cm³/mol. The van der Waals surface area contributed by atoms with Crippen molar-refractivity contribution in [2.24, 2.45) is 5.92 Å². The highest BCUT2D eigenvalue weighted by molar-refractivity contribution is 6.21. The third-order valence-corrected chi connectivity index (χ3v) is 7.12. The molecule has 0 bridgehead atoms. The van der Waals surface area contributed by atoms with Crippen molar-refractivity contribution >= 4 is 23.6 Å². The van der Waals surface area contributed by atoms with Crippen LogP contribution in [0, 0.1) is 5.92 Å². The molecule has 5 heterocycles. The number of hydrogen-bond acceptors (Lipinski definition) is 7. The van der Waals surface area contributed by atoms with Crippen LogP contribution < -0.4 is 5.32 Å². The van der Waals surface area contributed by atoms with Crippen molar-refractivity contribution in [3.8, 4) is 0 Å². The molecule has 0 aliphatic carbocycles. The van der Waals surface area contributed by atoms with E-state index in [-0.39, 0.29) is 18.4 Å². The van der Waals surface area contributed by atoms with Gasteiger partial charge in [0.05, 0.1) is 0 Å². The summed E-state index contributed by atoms with van der Waals surface area (Å²) >= 11 is 0. The molecule has 2 atom stereocenters. The molecule has 1 unspecified atom stereocenters. The number of nitrogens with one attached hydrogen (secondary N) is 1. The quantitative estimate of drug-likeness (QED) is 0.471. The van der Waals surface area contributed by atoms with Gasteiger partial charge in [-0.3, -0.25) is 29.2 Å². The Morgan fingerprint density at radius 1 is 1.21 bits per heavy atom. The van der Waals surface area contributed by atoms with Crippen LogP contribution in [0.1, 0.15) is 42.0 Å². The molecule has 5 rings (SSSR count). The molecule has 2 aromatic heterocycles. The van der Waals surface area contributed by atoms with Crippen molar-refractivity contribution in [3.05, 3.63) is 53.5 Å².